The standard InChI is InChI=1S/C15H22BrN3O.HI/c1-17-15(19-8-7-13(10-19)11-20-2)18-9-12-3-5-14(16)6-4-12;/h3-6,13H,7-11H2,1-2H3,(H,17,18);1H. The van der Waals surface area contributed by atoms with E-state index in [0.717, 1.165) is 36.7 Å². The quantitative estimate of drug-likeness (QED) is 0.420. The lowest BCUT2D eigenvalue weighted by Crippen LogP contribution is -2.39. The SMILES string of the molecule is CN=C(NCc1ccc(Br)cc1)N1CCC(COC)C1.I. The number of halogens is 2. The average Bonchev–Trinajstić information content (AvgIpc) is 2.91. The molecule has 1 heterocycles. The van der Waals surface area contributed by atoms with Gasteiger partial charge in [-0.05, 0) is 24.1 Å². The van der Waals surface area contributed by atoms with Gasteiger partial charge in [-0.15, -0.1) is 24.0 Å². The van der Waals surface area contributed by atoms with Crippen LogP contribution in [0.2, 0.25) is 0 Å². The predicted molar refractivity (Wildman–Crippen MR) is 101 cm³/mol. The van der Waals surface area contributed by atoms with Gasteiger partial charge >= 0.3 is 0 Å². The molecule has 1 unspecified atom stereocenters. The van der Waals surface area contributed by atoms with Crippen molar-refractivity contribution in [1.82, 2.24) is 10.2 Å². The van der Waals surface area contributed by atoms with Gasteiger partial charge in [-0.3, -0.25) is 4.99 Å². The molecule has 1 fully saturated rings. The van der Waals surface area contributed by atoms with Crippen molar-refractivity contribution in [3.8, 4) is 0 Å². The van der Waals surface area contributed by atoms with Crippen molar-refractivity contribution in [2.45, 2.75) is 13.0 Å². The van der Waals surface area contributed by atoms with Gasteiger partial charge in [0.1, 0.15) is 0 Å². The van der Waals surface area contributed by atoms with E-state index in [1.807, 2.05) is 7.05 Å². The molecule has 1 aliphatic rings. The van der Waals surface area contributed by atoms with Crippen LogP contribution < -0.4 is 5.32 Å². The number of hydrogen-bond donors (Lipinski definition) is 1. The molecule has 0 aliphatic carbocycles. The lowest BCUT2D eigenvalue weighted by atomic mass is 10.1. The molecule has 0 radical (unpaired) electrons. The fourth-order valence-electron chi connectivity index (χ4n) is 2.51. The summed E-state index contributed by atoms with van der Waals surface area (Å²) in [6, 6.07) is 8.35. The number of ether oxygens (including phenoxy) is 1. The van der Waals surface area contributed by atoms with Gasteiger partial charge in [0.15, 0.2) is 5.96 Å². The lowest BCUT2D eigenvalue weighted by Gasteiger charge is -2.21. The van der Waals surface area contributed by atoms with Crippen LogP contribution in [0.5, 0.6) is 0 Å². The number of likely N-dealkylation sites (tertiary alicyclic amines) is 1. The van der Waals surface area contributed by atoms with Crippen molar-refractivity contribution in [3.05, 3.63) is 34.3 Å². The molecular formula is C15H23BrIN3O. The molecule has 0 bridgehead atoms. The second-order valence-corrected chi connectivity index (χ2v) is 6.00. The summed E-state index contributed by atoms with van der Waals surface area (Å²) in [6.45, 7) is 3.70. The predicted octanol–water partition coefficient (Wildman–Crippen LogP) is 3.11. The van der Waals surface area contributed by atoms with Crippen molar-refractivity contribution < 1.29 is 4.74 Å². The van der Waals surface area contributed by atoms with Crippen LogP contribution in [0.1, 0.15) is 12.0 Å². The van der Waals surface area contributed by atoms with Crippen LogP contribution in [-0.2, 0) is 11.3 Å². The van der Waals surface area contributed by atoms with Gasteiger partial charge in [0, 0.05) is 44.2 Å². The monoisotopic (exact) mass is 467 g/mol. The minimum absolute atomic E-state index is 0. The van der Waals surface area contributed by atoms with Crippen molar-refractivity contribution in [1.29, 1.82) is 0 Å². The Morgan fingerprint density at radius 3 is 2.76 bits per heavy atom. The van der Waals surface area contributed by atoms with Gasteiger partial charge in [-0.2, -0.15) is 0 Å². The third-order valence-corrected chi connectivity index (χ3v) is 4.09. The zero-order chi connectivity index (χ0) is 14.4. The molecule has 0 saturated carbocycles. The first kappa shape index (κ1) is 18.7. The topological polar surface area (TPSA) is 36.9 Å². The van der Waals surface area contributed by atoms with Gasteiger partial charge < -0.3 is 15.0 Å². The van der Waals surface area contributed by atoms with Gasteiger partial charge in [0.25, 0.3) is 0 Å². The lowest BCUT2D eigenvalue weighted by molar-refractivity contribution is 0.157. The fraction of sp³-hybridized carbons (Fsp3) is 0.533. The Kier molecular flexibility index (Phi) is 8.58. The number of benzene rings is 1. The Bertz CT molecular complexity index is 453. The summed E-state index contributed by atoms with van der Waals surface area (Å²) in [5.74, 6) is 1.60. The highest BCUT2D eigenvalue weighted by molar-refractivity contribution is 14.0. The smallest absolute Gasteiger partial charge is 0.193 e. The molecule has 4 nitrogen and oxygen atoms in total. The van der Waals surface area contributed by atoms with Crippen molar-refractivity contribution >= 4 is 45.9 Å². The zero-order valence-corrected chi connectivity index (χ0v) is 16.4. The van der Waals surface area contributed by atoms with Gasteiger partial charge in [0.05, 0.1) is 6.61 Å². The Labute approximate surface area is 152 Å². The minimum atomic E-state index is 0. The van der Waals surface area contributed by atoms with Gasteiger partial charge in [-0.1, -0.05) is 28.1 Å². The van der Waals surface area contributed by atoms with Crippen molar-refractivity contribution in [2.24, 2.45) is 10.9 Å². The van der Waals surface area contributed by atoms with Gasteiger partial charge in [-0.25, -0.2) is 0 Å². The van der Waals surface area contributed by atoms with Crippen LogP contribution in [-0.4, -0.2) is 44.7 Å². The maximum atomic E-state index is 5.24. The average molecular weight is 468 g/mol. The van der Waals surface area contributed by atoms with E-state index in [0.29, 0.717) is 5.92 Å². The first-order valence-electron chi connectivity index (χ1n) is 6.92. The summed E-state index contributed by atoms with van der Waals surface area (Å²) < 4.78 is 6.34. The maximum Gasteiger partial charge on any atom is 0.193 e. The Hall–Kier alpha value is -0.340. The summed E-state index contributed by atoms with van der Waals surface area (Å²) in [7, 11) is 3.61. The molecule has 1 saturated heterocycles. The third-order valence-electron chi connectivity index (χ3n) is 3.56. The second-order valence-electron chi connectivity index (χ2n) is 5.08. The second kappa shape index (κ2) is 9.63. The molecule has 1 N–H and O–H groups in total. The number of hydrogen-bond acceptors (Lipinski definition) is 2. The third kappa shape index (κ3) is 5.75. The van der Waals surface area contributed by atoms with E-state index in [1.165, 1.54) is 12.0 Å². The van der Waals surface area contributed by atoms with E-state index in [2.05, 4.69) is 55.4 Å². The van der Waals surface area contributed by atoms with Crippen molar-refractivity contribution in [2.75, 3.05) is 33.9 Å². The number of rotatable bonds is 4. The van der Waals surface area contributed by atoms with Crippen LogP contribution in [0.25, 0.3) is 0 Å². The van der Waals surface area contributed by atoms with E-state index < -0.39 is 0 Å². The van der Waals surface area contributed by atoms with E-state index in [-0.39, 0.29) is 24.0 Å². The van der Waals surface area contributed by atoms with E-state index in [1.54, 1.807) is 7.11 Å². The van der Waals surface area contributed by atoms with Crippen LogP contribution in [0.4, 0.5) is 0 Å². The first-order chi connectivity index (χ1) is 9.72. The molecule has 118 valence electrons. The molecule has 2 rings (SSSR count). The first-order valence-corrected chi connectivity index (χ1v) is 7.71. The Balaban J connectivity index is 0.00000220. The maximum absolute atomic E-state index is 5.24. The Morgan fingerprint density at radius 1 is 1.43 bits per heavy atom. The van der Waals surface area contributed by atoms with Crippen molar-refractivity contribution in [3.63, 3.8) is 0 Å². The molecule has 1 aromatic carbocycles. The summed E-state index contributed by atoms with van der Waals surface area (Å²) in [5.41, 5.74) is 1.25. The highest BCUT2D eigenvalue weighted by atomic mass is 127. The number of nitrogens with zero attached hydrogens (tertiary/aromatic N) is 2. The summed E-state index contributed by atoms with van der Waals surface area (Å²) in [5, 5.41) is 3.43. The molecule has 1 atom stereocenters. The summed E-state index contributed by atoms with van der Waals surface area (Å²) >= 11 is 3.45. The molecule has 1 aromatic rings. The Morgan fingerprint density at radius 2 is 2.14 bits per heavy atom. The zero-order valence-electron chi connectivity index (χ0n) is 12.5. The molecule has 0 amide bonds. The number of methoxy groups -OCH3 is 1. The minimum Gasteiger partial charge on any atom is -0.384 e. The normalized spacial score (nSPS) is 18.5. The van der Waals surface area contributed by atoms with Gasteiger partial charge in [0.2, 0.25) is 0 Å². The van der Waals surface area contributed by atoms with Crippen LogP contribution in [0.3, 0.4) is 0 Å². The molecule has 1 aliphatic heterocycles. The molecule has 0 aromatic heterocycles. The number of aliphatic imine (C=N–C) groups is 1. The van der Waals surface area contributed by atoms with E-state index in [9.17, 15) is 0 Å². The van der Waals surface area contributed by atoms with Crippen LogP contribution in [0, 0.1) is 5.92 Å². The summed E-state index contributed by atoms with van der Waals surface area (Å²) in [6.07, 6.45) is 1.17. The van der Waals surface area contributed by atoms with Crippen LogP contribution in [0.15, 0.2) is 33.7 Å². The molecule has 6 heteroatoms. The van der Waals surface area contributed by atoms with Crippen LogP contribution >= 0.6 is 39.9 Å². The molecule has 0 spiro atoms. The highest BCUT2D eigenvalue weighted by Gasteiger charge is 2.24. The molecular weight excluding hydrogens is 445 g/mol. The highest BCUT2D eigenvalue weighted by Crippen LogP contribution is 2.16. The largest absolute Gasteiger partial charge is 0.384 e. The molecule has 21 heavy (non-hydrogen) atoms. The fourth-order valence-corrected chi connectivity index (χ4v) is 2.78. The van der Waals surface area contributed by atoms with E-state index >= 15 is 0 Å². The summed E-state index contributed by atoms with van der Waals surface area (Å²) in [4.78, 5) is 6.69. The number of guanidine groups is 1. The number of nitrogens with one attached hydrogen (secondary N) is 1. The van der Waals surface area contributed by atoms with E-state index in [4.69, 9.17) is 4.74 Å².